The molecule has 0 radical (unpaired) electrons. The van der Waals surface area contributed by atoms with Gasteiger partial charge in [0.15, 0.2) is 11.5 Å². The molecule has 1 fully saturated rings. The van der Waals surface area contributed by atoms with Gasteiger partial charge in [-0.1, -0.05) is 19.3 Å². The Labute approximate surface area is 151 Å². The summed E-state index contributed by atoms with van der Waals surface area (Å²) in [4.78, 5) is 28.9. The van der Waals surface area contributed by atoms with E-state index in [9.17, 15) is 14.7 Å². The Hall–Kier alpha value is -2.83. The summed E-state index contributed by atoms with van der Waals surface area (Å²) in [5.74, 6) is 0.135. The number of amides is 2. The number of likely N-dealkylation sites (N-methyl/N-ethyl adjacent to an activating group) is 1. The fourth-order valence-electron chi connectivity index (χ4n) is 3.36. The summed E-state index contributed by atoms with van der Waals surface area (Å²) >= 11 is 0. The van der Waals surface area contributed by atoms with Gasteiger partial charge in [0.25, 0.3) is 5.91 Å². The molecule has 2 aromatic heterocycles. The van der Waals surface area contributed by atoms with Crippen LogP contribution >= 0.6 is 0 Å². The van der Waals surface area contributed by atoms with Gasteiger partial charge in [0.2, 0.25) is 5.91 Å². The molecule has 0 aliphatic heterocycles. The maximum Gasteiger partial charge on any atom is 0.287 e. The van der Waals surface area contributed by atoms with Crippen molar-refractivity contribution in [3.63, 3.8) is 0 Å². The molecule has 0 unspecified atom stereocenters. The number of carbonyl (C=O) groups excluding carboxylic acids is 2. The highest BCUT2D eigenvalue weighted by molar-refractivity contribution is 5.96. The van der Waals surface area contributed by atoms with Crippen LogP contribution in [-0.4, -0.2) is 35.0 Å². The Morgan fingerprint density at radius 3 is 2.62 bits per heavy atom. The van der Waals surface area contributed by atoms with Crippen molar-refractivity contribution in [2.24, 2.45) is 5.92 Å². The van der Waals surface area contributed by atoms with Crippen LogP contribution < -0.4 is 10.6 Å². The van der Waals surface area contributed by atoms with Gasteiger partial charge in [0.05, 0.1) is 6.20 Å². The minimum absolute atomic E-state index is 0.0548. The van der Waals surface area contributed by atoms with Crippen molar-refractivity contribution >= 4 is 11.8 Å². The van der Waals surface area contributed by atoms with Crippen LogP contribution in [0.4, 0.5) is 0 Å². The minimum Gasteiger partial charge on any atom is -0.506 e. The first kappa shape index (κ1) is 18.0. The molecule has 2 heterocycles. The standard InChI is InChI=1S/C19H23N3O4/c1-20-19(25)17(12-5-3-2-4-6-12)22-18(24)16-10-9-15(26-16)14-8-7-13(23)11-21-14/h7-12,17,23H,2-6H2,1H3,(H,20,25)(H,22,24)/t17-/m0/s1. The molecule has 2 amide bonds. The van der Waals surface area contributed by atoms with Gasteiger partial charge < -0.3 is 20.2 Å². The Kier molecular flexibility index (Phi) is 5.55. The number of hydrogen-bond donors (Lipinski definition) is 3. The molecule has 0 bridgehead atoms. The van der Waals surface area contributed by atoms with E-state index in [0.29, 0.717) is 11.5 Å². The molecule has 1 saturated carbocycles. The lowest BCUT2D eigenvalue weighted by Gasteiger charge is -2.29. The molecule has 0 aromatic carbocycles. The molecule has 7 heteroatoms. The van der Waals surface area contributed by atoms with Crippen molar-refractivity contribution in [3.05, 3.63) is 36.2 Å². The van der Waals surface area contributed by atoms with Crippen LogP contribution in [0, 0.1) is 5.92 Å². The molecule has 1 aliphatic rings. The average Bonchev–Trinajstić information content (AvgIpc) is 3.17. The number of aromatic nitrogens is 1. The number of rotatable bonds is 5. The van der Waals surface area contributed by atoms with E-state index in [1.54, 1.807) is 25.2 Å². The molecule has 0 spiro atoms. The number of nitrogens with one attached hydrogen (secondary N) is 2. The third-order valence-electron chi connectivity index (χ3n) is 4.77. The van der Waals surface area contributed by atoms with Gasteiger partial charge in [-0.15, -0.1) is 0 Å². The Morgan fingerprint density at radius 2 is 1.96 bits per heavy atom. The number of aromatic hydroxyl groups is 1. The highest BCUT2D eigenvalue weighted by Crippen LogP contribution is 2.27. The van der Waals surface area contributed by atoms with Gasteiger partial charge in [0, 0.05) is 7.05 Å². The number of furan rings is 1. The van der Waals surface area contributed by atoms with E-state index in [2.05, 4.69) is 15.6 Å². The van der Waals surface area contributed by atoms with Crippen LogP contribution in [0.25, 0.3) is 11.5 Å². The number of carbonyl (C=O) groups is 2. The smallest absolute Gasteiger partial charge is 0.287 e. The lowest BCUT2D eigenvalue weighted by atomic mass is 9.83. The summed E-state index contributed by atoms with van der Waals surface area (Å²) < 4.78 is 5.59. The van der Waals surface area contributed by atoms with Gasteiger partial charge in [-0.05, 0) is 43.0 Å². The van der Waals surface area contributed by atoms with E-state index >= 15 is 0 Å². The fraction of sp³-hybridized carbons (Fsp3) is 0.421. The monoisotopic (exact) mass is 357 g/mol. The predicted octanol–water partition coefficient (Wildman–Crippen LogP) is 2.47. The first-order valence-corrected chi connectivity index (χ1v) is 8.86. The number of pyridine rings is 1. The largest absolute Gasteiger partial charge is 0.506 e. The zero-order valence-electron chi connectivity index (χ0n) is 14.7. The highest BCUT2D eigenvalue weighted by Gasteiger charge is 2.31. The topological polar surface area (TPSA) is 104 Å². The maximum atomic E-state index is 12.6. The van der Waals surface area contributed by atoms with Crippen LogP contribution in [-0.2, 0) is 4.79 Å². The van der Waals surface area contributed by atoms with E-state index in [4.69, 9.17) is 4.42 Å². The number of nitrogens with zero attached hydrogens (tertiary/aromatic N) is 1. The predicted molar refractivity (Wildman–Crippen MR) is 95.5 cm³/mol. The first-order chi connectivity index (χ1) is 12.6. The van der Waals surface area contributed by atoms with Gasteiger partial charge >= 0.3 is 0 Å². The molecule has 0 saturated heterocycles. The molecular formula is C19H23N3O4. The van der Waals surface area contributed by atoms with Crippen molar-refractivity contribution in [2.75, 3.05) is 7.05 Å². The summed E-state index contributed by atoms with van der Waals surface area (Å²) in [6, 6.07) is 5.74. The molecule has 7 nitrogen and oxygen atoms in total. The van der Waals surface area contributed by atoms with Crippen LogP contribution in [0.3, 0.4) is 0 Å². The Bertz CT molecular complexity index is 763. The quantitative estimate of drug-likeness (QED) is 0.762. The van der Waals surface area contributed by atoms with E-state index in [1.165, 1.54) is 18.7 Å². The second-order valence-electron chi connectivity index (χ2n) is 6.53. The molecule has 138 valence electrons. The van der Waals surface area contributed by atoms with Crippen molar-refractivity contribution in [2.45, 2.75) is 38.1 Å². The van der Waals surface area contributed by atoms with Gasteiger partial charge in [0.1, 0.15) is 17.5 Å². The second kappa shape index (κ2) is 8.03. The van der Waals surface area contributed by atoms with Crippen molar-refractivity contribution in [1.29, 1.82) is 0 Å². The van der Waals surface area contributed by atoms with E-state index in [-0.39, 0.29) is 23.3 Å². The van der Waals surface area contributed by atoms with E-state index < -0.39 is 11.9 Å². The Balaban J connectivity index is 1.73. The number of hydrogen-bond acceptors (Lipinski definition) is 5. The van der Waals surface area contributed by atoms with Crippen LogP contribution in [0.5, 0.6) is 5.75 Å². The van der Waals surface area contributed by atoms with Crippen molar-refractivity contribution < 1.29 is 19.1 Å². The second-order valence-corrected chi connectivity index (χ2v) is 6.53. The summed E-state index contributed by atoms with van der Waals surface area (Å²) in [6.07, 6.45) is 6.49. The molecule has 26 heavy (non-hydrogen) atoms. The van der Waals surface area contributed by atoms with Crippen LogP contribution in [0.15, 0.2) is 34.9 Å². The molecule has 3 rings (SSSR count). The van der Waals surface area contributed by atoms with Gasteiger partial charge in [-0.2, -0.15) is 0 Å². The average molecular weight is 357 g/mol. The fourth-order valence-corrected chi connectivity index (χ4v) is 3.36. The molecular weight excluding hydrogens is 334 g/mol. The molecule has 1 aliphatic carbocycles. The minimum atomic E-state index is -0.562. The van der Waals surface area contributed by atoms with Crippen LogP contribution in [0.2, 0.25) is 0 Å². The molecule has 2 aromatic rings. The normalized spacial score (nSPS) is 16.0. The lowest BCUT2D eigenvalue weighted by Crippen LogP contribution is -2.50. The third-order valence-corrected chi connectivity index (χ3v) is 4.77. The van der Waals surface area contributed by atoms with Crippen molar-refractivity contribution in [1.82, 2.24) is 15.6 Å². The van der Waals surface area contributed by atoms with Crippen LogP contribution in [0.1, 0.15) is 42.7 Å². The SMILES string of the molecule is CNC(=O)[C@@H](NC(=O)c1ccc(-c2ccc(O)cn2)o1)C1CCCCC1. The highest BCUT2D eigenvalue weighted by atomic mass is 16.4. The molecule has 1 atom stereocenters. The van der Waals surface area contributed by atoms with E-state index in [0.717, 1.165) is 25.7 Å². The first-order valence-electron chi connectivity index (χ1n) is 8.86. The summed E-state index contributed by atoms with van der Waals surface area (Å²) in [5, 5.41) is 14.8. The zero-order valence-corrected chi connectivity index (χ0v) is 14.7. The van der Waals surface area contributed by atoms with Crippen molar-refractivity contribution in [3.8, 4) is 17.2 Å². The summed E-state index contributed by atoms with van der Waals surface area (Å²) in [5.41, 5.74) is 0.511. The maximum absolute atomic E-state index is 12.6. The molecule has 3 N–H and O–H groups in total. The van der Waals surface area contributed by atoms with E-state index in [1.807, 2.05) is 0 Å². The third kappa shape index (κ3) is 4.04. The van der Waals surface area contributed by atoms with Gasteiger partial charge in [-0.25, -0.2) is 4.98 Å². The van der Waals surface area contributed by atoms with Gasteiger partial charge in [-0.3, -0.25) is 9.59 Å². The Morgan fingerprint density at radius 1 is 1.19 bits per heavy atom. The zero-order chi connectivity index (χ0) is 18.5. The lowest BCUT2D eigenvalue weighted by molar-refractivity contribution is -0.124. The summed E-state index contributed by atoms with van der Waals surface area (Å²) in [6.45, 7) is 0. The summed E-state index contributed by atoms with van der Waals surface area (Å²) in [7, 11) is 1.58.